The summed E-state index contributed by atoms with van der Waals surface area (Å²) >= 11 is 0. The van der Waals surface area contributed by atoms with Gasteiger partial charge in [-0.1, -0.05) is 23.4 Å². The van der Waals surface area contributed by atoms with Gasteiger partial charge in [0.2, 0.25) is 0 Å². The number of para-hydroxylation sites is 1. The number of fused-ring (bicyclic) bond motifs is 1. The third kappa shape index (κ3) is 4.04. The largest absolute Gasteiger partial charge is 0.411 e. The summed E-state index contributed by atoms with van der Waals surface area (Å²) in [5, 5.41) is 17.7. The van der Waals surface area contributed by atoms with E-state index in [2.05, 4.69) is 25.8 Å². The minimum absolute atomic E-state index is 0.232. The molecule has 8 heteroatoms. The van der Waals surface area contributed by atoms with E-state index in [9.17, 15) is 9.59 Å². The molecule has 0 radical (unpaired) electrons. The normalized spacial score (nSPS) is 10.9. The summed E-state index contributed by atoms with van der Waals surface area (Å²) in [6, 6.07) is 12.5. The highest BCUT2D eigenvalue weighted by Gasteiger charge is 2.09. The fourth-order valence-corrected chi connectivity index (χ4v) is 2.42. The van der Waals surface area contributed by atoms with E-state index in [0.29, 0.717) is 23.5 Å². The molecule has 0 bridgehead atoms. The van der Waals surface area contributed by atoms with Crippen molar-refractivity contribution in [2.24, 2.45) is 5.16 Å². The number of H-pyrrole nitrogens is 1. The van der Waals surface area contributed by atoms with Gasteiger partial charge in [-0.3, -0.25) is 14.6 Å². The molecule has 2 amide bonds. The lowest BCUT2D eigenvalue weighted by Gasteiger charge is -2.06. The van der Waals surface area contributed by atoms with Gasteiger partial charge in [0.25, 0.3) is 11.8 Å². The quantitative estimate of drug-likeness (QED) is 0.233. The zero-order chi connectivity index (χ0) is 18.4. The molecule has 0 aliphatic heterocycles. The zero-order valence-electron chi connectivity index (χ0n) is 13.8. The summed E-state index contributed by atoms with van der Waals surface area (Å²) in [4.78, 5) is 31.1. The minimum atomic E-state index is -0.301. The van der Waals surface area contributed by atoms with Crippen LogP contribution in [0.5, 0.6) is 0 Å². The molecule has 0 aliphatic rings. The van der Waals surface area contributed by atoms with Crippen molar-refractivity contribution < 1.29 is 14.8 Å². The van der Waals surface area contributed by atoms with Crippen LogP contribution in [-0.4, -0.2) is 46.3 Å². The van der Waals surface area contributed by atoms with E-state index >= 15 is 0 Å². The lowest BCUT2D eigenvalue weighted by atomic mass is 10.2. The topological polar surface area (TPSA) is 119 Å². The maximum absolute atomic E-state index is 12.1. The number of nitrogens with zero attached hydrogens (tertiary/aromatic N) is 2. The number of nitrogens with one attached hydrogen (secondary N) is 3. The first-order chi connectivity index (χ1) is 12.7. The standard InChI is InChI=1S/C18H17N5O3/c24-17(13-5-6-14(11-22-26)21-10-13)19-7-8-20-18(25)16-9-12-3-1-2-4-15(12)23-16/h1-6,9-11,23,26H,7-8H2,(H,19,24)(H,20,25)/b22-11+. The predicted octanol–water partition coefficient (Wildman–Crippen LogP) is 1.53. The van der Waals surface area contributed by atoms with Crippen molar-refractivity contribution in [1.29, 1.82) is 0 Å². The number of carbonyl (C=O) groups is 2. The Morgan fingerprint density at radius 1 is 1.12 bits per heavy atom. The molecule has 2 heterocycles. The fraction of sp³-hybridized carbons (Fsp3) is 0.111. The summed E-state index contributed by atoms with van der Waals surface area (Å²) in [7, 11) is 0. The van der Waals surface area contributed by atoms with Crippen molar-refractivity contribution in [3.8, 4) is 0 Å². The highest BCUT2D eigenvalue weighted by molar-refractivity contribution is 5.98. The average Bonchev–Trinajstić information content (AvgIpc) is 3.10. The molecule has 1 aromatic carbocycles. The third-order valence-electron chi connectivity index (χ3n) is 3.71. The van der Waals surface area contributed by atoms with Crippen molar-refractivity contribution in [3.05, 3.63) is 65.6 Å². The highest BCUT2D eigenvalue weighted by Crippen LogP contribution is 2.14. The van der Waals surface area contributed by atoms with Gasteiger partial charge >= 0.3 is 0 Å². The molecular formula is C18H17N5O3. The highest BCUT2D eigenvalue weighted by atomic mass is 16.4. The molecule has 8 nitrogen and oxygen atoms in total. The van der Waals surface area contributed by atoms with Crippen LogP contribution in [0.25, 0.3) is 10.9 Å². The van der Waals surface area contributed by atoms with Gasteiger partial charge in [-0.25, -0.2) is 0 Å². The Kier molecular flexibility index (Phi) is 5.23. The van der Waals surface area contributed by atoms with E-state index in [1.54, 1.807) is 18.2 Å². The Hall–Kier alpha value is -3.68. The molecule has 0 spiro atoms. The summed E-state index contributed by atoms with van der Waals surface area (Å²) in [6.45, 7) is 0.577. The number of aromatic nitrogens is 2. The molecule has 0 aliphatic carbocycles. The summed E-state index contributed by atoms with van der Waals surface area (Å²) in [6.07, 6.45) is 2.55. The molecule has 0 saturated carbocycles. The van der Waals surface area contributed by atoms with Gasteiger partial charge in [-0.15, -0.1) is 0 Å². The molecular weight excluding hydrogens is 334 g/mol. The van der Waals surface area contributed by atoms with Gasteiger partial charge in [-0.05, 0) is 24.3 Å². The molecule has 26 heavy (non-hydrogen) atoms. The molecule has 4 N–H and O–H groups in total. The Morgan fingerprint density at radius 2 is 1.88 bits per heavy atom. The zero-order valence-corrected chi connectivity index (χ0v) is 13.8. The fourth-order valence-electron chi connectivity index (χ4n) is 2.42. The Balaban J connectivity index is 1.47. The monoisotopic (exact) mass is 351 g/mol. The number of amides is 2. The van der Waals surface area contributed by atoms with E-state index in [1.807, 2.05) is 24.3 Å². The van der Waals surface area contributed by atoms with E-state index in [1.165, 1.54) is 12.4 Å². The van der Waals surface area contributed by atoms with Gasteiger partial charge in [0.15, 0.2) is 0 Å². The minimum Gasteiger partial charge on any atom is -0.411 e. The van der Waals surface area contributed by atoms with Gasteiger partial charge in [-0.2, -0.15) is 0 Å². The molecule has 0 atom stereocenters. The second kappa shape index (κ2) is 7.93. The summed E-state index contributed by atoms with van der Waals surface area (Å²) in [5.74, 6) is -0.533. The van der Waals surface area contributed by atoms with Gasteiger partial charge in [0.05, 0.1) is 17.5 Å². The average molecular weight is 351 g/mol. The van der Waals surface area contributed by atoms with E-state index < -0.39 is 0 Å². The maximum Gasteiger partial charge on any atom is 0.267 e. The first-order valence-electron chi connectivity index (χ1n) is 7.95. The predicted molar refractivity (Wildman–Crippen MR) is 96.6 cm³/mol. The van der Waals surface area contributed by atoms with Crippen molar-refractivity contribution in [2.75, 3.05) is 13.1 Å². The molecule has 0 unspecified atom stereocenters. The van der Waals surface area contributed by atoms with Crippen LogP contribution in [0.1, 0.15) is 26.5 Å². The van der Waals surface area contributed by atoms with Crippen LogP contribution >= 0.6 is 0 Å². The molecule has 3 rings (SSSR count). The first kappa shape index (κ1) is 17.2. The van der Waals surface area contributed by atoms with E-state index in [-0.39, 0.29) is 18.4 Å². The first-order valence-corrected chi connectivity index (χ1v) is 7.95. The van der Waals surface area contributed by atoms with Crippen molar-refractivity contribution in [2.45, 2.75) is 0 Å². The number of hydrogen-bond acceptors (Lipinski definition) is 5. The smallest absolute Gasteiger partial charge is 0.267 e. The number of carbonyl (C=O) groups excluding carboxylic acids is 2. The van der Waals surface area contributed by atoms with Crippen molar-refractivity contribution in [1.82, 2.24) is 20.6 Å². The van der Waals surface area contributed by atoms with Crippen LogP contribution in [0.2, 0.25) is 0 Å². The molecule has 0 fully saturated rings. The van der Waals surface area contributed by atoms with E-state index in [0.717, 1.165) is 10.9 Å². The number of pyridine rings is 1. The van der Waals surface area contributed by atoms with Crippen LogP contribution in [0, 0.1) is 0 Å². The van der Waals surface area contributed by atoms with Crippen molar-refractivity contribution in [3.63, 3.8) is 0 Å². The summed E-state index contributed by atoms with van der Waals surface area (Å²) in [5.41, 5.74) is 2.19. The van der Waals surface area contributed by atoms with Crippen LogP contribution in [0.4, 0.5) is 0 Å². The number of benzene rings is 1. The van der Waals surface area contributed by atoms with Gasteiger partial charge in [0.1, 0.15) is 5.69 Å². The molecule has 2 aromatic heterocycles. The van der Waals surface area contributed by atoms with Crippen LogP contribution < -0.4 is 10.6 Å². The molecule has 132 valence electrons. The number of aromatic amines is 1. The molecule has 3 aromatic rings. The number of oxime groups is 1. The Morgan fingerprint density at radius 3 is 2.58 bits per heavy atom. The van der Waals surface area contributed by atoms with Crippen LogP contribution in [0.3, 0.4) is 0 Å². The van der Waals surface area contributed by atoms with Crippen LogP contribution in [-0.2, 0) is 0 Å². The number of rotatable bonds is 6. The third-order valence-corrected chi connectivity index (χ3v) is 3.71. The molecule has 0 saturated heterocycles. The Labute approximate surface area is 148 Å². The lowest BCUT2D eigenvalue weighted by molar-refractivity contribution is 0.0925. The SMILES string of the molecule is O=C(NCCNC(=O)c1cc2ccccc2[nH]1)c1ccc(/C=N/O)nc1. The summed E-state index contributed by atoms with van der Waals surface area (Å²) < 4.78 is 0. The lowest BCUT2D eigenvalue weighted by Crippen LogP contribution is -2.34. The van der Waals surface area contributed by atoms with Crippen molar-refractivity contribution >= 4 is 28.9 Å². The maximum atomic E-state index is 12.1. The second-order valence-electron chi connectivity index (χ2n) is 5.50. The van der Waals surface area contributed by atoms with E-state index in [4.69, 9.17) is 5.21 Å². The van der Waals surface area contributed by atoms with Crippen LogP contribution in [0.15, 0.2) is 53.8 Å². The second-order valence-corrected chi connectivity index (χ2v) is 5.50. The van der Waals surface area contributed by atoms with Gasteiger partial charge in [0, 0.05) is 30.2 Å². The van der Waals surface area contributed by atoms with Gasteiger partial charge < -0.3 is 20.8 Å². The number of hydrogen-bond donors (Lipinski definition) is 4. The Bertz CT molecular complexity index is 914.